The van der Waals surface area contributed by atoms with E-state index in [1.807, 2.05) is 0 Å². The molecule has 6 heteroatoms. The molecule has 0 bridgehead atoms. The number of unbranched alkanes of at least 4 members (excludes halogenated alkanes) is 8. The number of amides is 1. The van der Waals surface area contributed by atoms with Gasteiger partial charge in [-0.3, -0.25) is 14.5 Å². The minimum Gasteiger partial charge on any atom is -0.481 e. The second kappa shape index (κ2) is 11.0. The van der Waals surface area contributed by atoms with E-state index in [1.54, 1.807) is 4.90 Å². The first kappa shape index (κ1) is 18.4. The van der Waals surface area contributed by atoms with E-state index in [-0.39, 0.29) is 5.91 Å². The number of thiocarbonyl (C=S) groups is 1. The Morgan fingerprint density at radius 2 is 1.57 bits per heavy atom. The molecule has 0 atom stereocenters. The highest BCUT2D eigenvalue weighted by atomic mass is 32.2. The predicted octanol–water partition coefficient (Wildman–Crippen LogP) is 3.83. The third kappa shape index (κ3) is 8.41. The van der Waals surface area contributed by atoms with Crippen molar-refractivity contribution in [2.24, 2.45) is 0 Å². The number of carboxylic acid groups (broad SMARTS) is 1. The van der Waals surface area contributed by atoms with Crippen molar-refractivity contribution in [3.05, 3.63) is 0 Å². The van der Waals surface area contributed by atoms with Crippen LogP contribution in [-0.4, -0.2) is 38.5 Å². The van der Waals surface area contributed by atoms with Crippen LogP contribution >= 0.6 is 24.0 Å². The quantitative estimate of drug-likeness (QED) is 0.435. The number of hydrogen-bond acceptors (Lipinski definition) is 4. The van der Waals surface area contributed by atoms with Crippen LogP contribution in [0.5, 0.6) is 0 Å². The first-order chi connectivity index (χ1) is 10.1. The minimum atomic E-state index is -0.690. The van der Waals surface area contributed by atoms with Crippen LogP contribution in [-0.2, 0) is 9.59 Å². The van der Waals surface area contributed by atoms with Gasteiger partial charge in [0.1, 0.15) is 4.32 Å². The maximum absolute atomic E-state index is 11.5. The van der Waals surface area contributed by atoms with E-state index in [9.17, 15) is 9.59 Å². The summed E-state index contributed by atoms with van der Waals surface area (Å²) in [6.07, 6.45) is 10.3. The fraction of sp³-hybridized carbons (Fsp3) is 0.800. The maximum Gasteiger partial charge on any atom is 0.303 e. The van der Waals surface area contributed by atoms with Gasteiger partial charge in [-0.25, -0.2) is 0 Å². The number of rotatable bonds is 12. The highest BCUT2D eigenvalue weighted by molar-refractivity contribution is 8.23. The topological polar surface area (TPSA) is 57.6 Å². The summed E-state index contributed by atoms with van der Waals surface area (Å²) in [7, 11) is 0. The van der Waals surface area contributed by atoms with E-state index in [4.69, 9.17) is 17.3 Å². The van der Waals surface area contributed by atoms with Crippen LogP contribution in [0.3, 0.4) is 0 Å². The molecule has 0 radical (unpaired) electrons. The Bertz CT molecular complexity index is 345. The van der Waals surface area contributed by atoms with Crippen LogP contribution in [0, 0.1) is 0 Å². The van der Waals surface area contributed by atoms with Crippen LogP contribution in [0.25, 0.3) is 0 Å². The van der Waals surface area contributed by atoms with E-state index in [0.717, 1.165) is 43.0 Å². The van der Waals surface area contributed by atoms with Gasteiger partial charge in [0.2, 0.25) is 5.91 Å². The molecule has 120 valence electrons. The fourth-order valence-electron chi connectivity index (χ4n) is 2.38. The zero-order valence-electron chi connectivity index (χ0n) is 12.5. The van der Waals surface area contributed by atoms with Gasteiger partial charge in [0, 0.05) is 13.0 Å². The molecule has 21 heavy (non-hydrogen) atoms. The monoisotopic (exact) mass is 331 g/mol. The SMILES string of the molecule is O=C(O)CCCCCCCCCCCN1C(=O)CSC1=S. The largest absolute Gasteiger partial charge is 0.481 e. The molecule has 0 aromatic heterocycles. The van der Waals surface area contributed by atoms with Crippen molar-refractivity contribution in [2.45, 2.75) is 64.2 Å². The lowest BCUT2D eigenvalue weighted by atomic mass is 10.1. The Labute approximate surface area is 136 Å². The normalized spacial score (nSPS) is 15.0. The molecule has 0 unspecified atom stereocenters. The van der Waals surface area contributed by atoms with Crippen LogP contribution in [0.4, 0.5) is 0 Å². The Morgan fingerprint density at radius 3 is 2.05 bits per heavy atom. The average Bonchev–Trinajstić information content (AvgIpc) is 2.75. The Morgan fingerprint density at radius 1 is 1.05 bits per heavy atom. The third-order valence-corrected chi connectivity index (χ3v) is 5.05. The molecule has 1 aliphatic heterocycles. The minimum absolute atomic E-state index is 0.159. The van der Waals surface area contributed by atoms with Gasteiger partial charge >= 0.3 is 5.97 Å². The lowest BCUT2D eigenvalue weighted by Crippen LogP contribution is -2.29. The fourth-order valence-corrected chi connectivity index (χ4v) is 3.50. The summed E-state index contributed by atoms with van der Waals surface area (Å²) in [5.41, 5.74) is 0. The summed E-state index contributed by atoms with van der Waals surface area (Å²) >= 11 is 6.60. The van der Waals surface area contributed by atoms with E-state index >= 15 is 0 Å². The number of aliphatic carboxylic acids is 1. The second-order valence-electron chi connectivity index (χ2n) is 5.43. The summed E-state index contributed by atoms with van der Waals surface area (Å²) in [5.74, 6) is -0.0171. The Hall–Kier alpha value is -0.620. The highest BCUT2D eigenvalue weighted by Crippen LogP contribution is 2.20. The molecule has 1 amide bonds. The average molecular weight is 332 g/mol. The standard InChI is InChI=1S/C15H25NO3S2/c17-13-12-21-15(20)16(13)11-9-7-5-3-1-2-4-6-8-10-14(18)19/h1-12H2,(H,18,19). The van der Waals surface area contributed by atoms with Crippen LogP contribution < -0.4 is 0 Å². The molecular formula is C15H25NO3S2. The second-order valence-corrected chi connectivity index (χ2v) is 7.03. The molecule has 1 saturated heterocycles. The van der Waals surface area contributed by atoms with E-state index < -0.39 is 5.97 Å². The molecule has 4 nitrogen and oxygen atoms in total. The number of hydrogen-bond donors (Lipinski definition) is 1. The van der Waals surface area contributed by atoms with E-state index in [1.165, 1.54) is 37.4 Å². The molecule has 0 aromatic carbocycles. The summed E-state index contributed by atoms with van der Waals surface area (Å²) in [4.78, 5) is 23.6. The van der Waals surface area contributed by atoms with Crippen LogP contribution in [0.15, 0.2) is 0 Å². The van der Waals surface area contributed by atoms with E-state index in [0.29, 0.717) is 12.2 Å². The molecule has 1 fully saturated rings. The number of carbonyl (C=O) groups is 2. The van der Waals surface area contributed by atoms with Gasteiger partial charge in [-0.15, -0.1) is 0 Å². The summed E-state index contributed by atoms with van der Waals surface area (Å²) in [5, 5.41) is 8.51. The van der Waals surface area contributed by atoms with Gasteiger partial charge in [0.25, 0.3) is 0 Å². The molecule has 0 aliphatic carbocycles. The number of carbonyl (C=O) groups excluding carboxylic acids is 1. The van der Waals surface area contributed by atoms with Crippen molar-refractivity contribution in [3.8, 4) is 0 Å². The smallest absolute Gasteiger partial charge is 0.303 e. The van der Waals surface area contributed by atoms with Crippen molar-refractivity contribution in [2.75, 3.05) is 12.3 Å². The van der Waals surface area contributed by atoms with Gasteiger partial charge in [-0.1, -0.05) is 68.9 Å². The summed E-state index contributed by atoms with van der Waals surface area (Å²) in [6, 6.07) is 0. The first-order valence-electron chi connectivity index (χ1n) is 7.80. The third-order valence-electron chi connectivity index (χ3n) is 3.61. The van der Waals surface area contributed by atoms with Crippen LogP contribution in [0.1, 0.15) is 64.2 Å². The highest BCUT2D eigenvalue weighted by Gasteiger charge is 2.25. The van der Waals surface area contributed by atoms with E-state index in [2.05, 4.69) is 0 Å². The molecule has 0 spiro atoms. The lowest BCUT2D eigenvalue weighted by Gasteiger charge is -2.14. The number of thioether (sulfide) groups is 1. The molecular weight excluding hydrogens is 306 g/mol. The van der Waals surface area contributed by atoms with Gasteiger partial charge < -0.3 is 5.11 Å². The molecule has 0 saturated carbocycles. The Kier molecular flexibility index (Phi) is 9.67. The summed E-state index contributed by atoms with van der Waals surface area (Å²) in [6.45, 7) is 0.778. The predicted molar refractivity (Wildman–Crippen MR) is 90.6 cm³/mol. The molecule has 1 N–H and O–H groups in total. The van der Waals surface area contributed by atoms with Gasteiger partial charge in [0.15, 0.2) is 0 Å². The van der Waals surface area contributed by atoms with Crippen molar-refractivity contribution >= 4 is 40.2 Å². The maximum atomic E-state index is 11.5. The van der Waals surface area contributed by atoms with Crippen LogP contribution in [0.2, 0.25) is 0 Å². The zero-order chi connectivity index (χ0) is 15.5. The molecule has 1 heterocycles. The van der Waals surface area contributed by atoms with Crippen molar-refractivity contribution in [1.82, 2.24) is 4.90 Å². The zero-order valence-corrected chi connectivity index (χ0v) is 14.1. The number of nitrogens with zero attached hydrogens (tertiary/aromatic N) is 1. The van der Waals surface area contributed by atoms with Crippen molar-refractivity contribution < 1.29 is 14.7 Å². The number of carboxylic acids is 1. The van der Waals surface area contributed by atoms with Gasteiger partial charge in [-0.05, 0) is 12.8 Å². The Balaban J connectivity index is 1.83. The van der Waals surface area contributed by atoms with Gasteiger partial charge in [0.05, 0.1) is 5.75 Å². The van der Waals surface area contributed by atoms with Crippen molar-refractivity contribution in [1.29, 1.82) is 0 Å². The molecule has 1 aliphatic rings. The molecule has 0 aromatic rings. The van der Waals surface area contributed by atoms with Gasteiger partial charge in [-0.2, -0.15) is 0 Å². The van der Waals surface area contributed by atoms with Crippen molar-refractivity contribution in [3.63, 3.8) is 0 Å². The summed E-state index contributed by atoms with van der Waals surface area (Å²) < 4.78 is 0.737. The first-order valence-corrected chi connectivity index (χ1v) is 9.19. The molecule has 1 rings (SSSR count). The lowest BCUT2D eigenvalue weighted by molar-refractivity contribution is -0.137.